The first-order valence-electron chi connectivity index (χ1n) is 5.47. The minimum Gasteiger partial charge on any atom is -0.506 e. The van der Waals surface area contributed by atoms with Crippen molar-refractivity contribution in [2.75, 3.05) is 7.11 Å². The maximum Gasteiger partial charge on any atom is 0.144 e. The Morgan fingerprint density at radius 3 is 2.79 bits per heavy atom. The highest BCUT2D eigenvalue weighted by Crippen LogP contribution is 2.30. The highest BCUT2D eigenvalue weighted by Gasteiger charge is 2.06. The second kappa shape index (κ2) is 6.38. The summed E-state index contributed by atoms with van der Waals surface area (Å²) >= 11 is 5.48. The molecule has 1 N–H and O–H groups in total. The zero-order valence-corrected chi connectivity index (χ0v) is 13.8. The lowest BCUT2D eigenvalue weighted by Crippen LogP contribution is -1.87. The van der Waals surface area contributed by atoms with Crippen LogP contribution in [0, 0.1) is 3.57 Å². The number of aliphatic imine (C=N–C) groups is 1. The number of methoxy groups -OCH3 is 1. The number of rotatable bonds is 3. The van der Waals surface area contributed by atoms with Crippen molar-refractivity contribution in [1.29, 1.82) is 0 Å². The summed E-state index contributed by atoms with van der Waals surface area (Å²) in [7, 11) is 1.61. The number of hydrogen-bond donors (Lipinski definition) is 1. The summed E-state index contributed by atoms with van der Waals surface area (Å²) < 4.78 is 6.90. The average molecular weight is 432 g/mol. The monoisotopic (exact) mass is 431 g/mol. The molecule has 0 aliphatic rings. The topological polar surface area (TPSA) is 41.8 Å². The van der Waals surface area contributed by atoms with Gasteiger partial charge in [0.05, 0.1) is 10.7 Å². The Hall–Kier alpha value is -1.08. The Morgan fingerprint density at radius 2 is 2.05 bits per heavy atom. The first kappa shape index (κ1) is 14.3. The smallest absolute Gasteiger partial charge is 0.144 e. The van der Waals surface area contributed by atoms with Gasteiger partial charge < -0.3 is 9.84 Å². The SMILES string of the molecule is COc1ccccc1N=Cc1cc(Br)cc(I)c1O. The predicted octanol–water partition coefficient (Wildman–Crippen LogP) is 4.52. The lowest BCUT2D eigenvalue weighted by Gasteiger charge is -2.05. The van der Waals surface area contributed by atoms with Crippen LogP contribution < -0.4 is 4.74 Å². The number of phenols is 1. The van der Waals surface area contributed by atoms with Gasteiger partial charge in [-0.1, -0.05) is 28.1 Å². The van der Waals surface area contributed by atoms with Gasteiger partial charge in [0, 0.05) is 16.3 Å². The molecule has 0 radical (unpaired) electrons. The first-order valence-corrected chi connectivity index (χ1v) is 7.34. The summed E-state index contributed by atoms with van der Waals surface area (Å²) in [6.45, 7) is 0. The summed E-state index contributed by atoms with van der Waals surface area (Å²) in [4.78, 5) is 4.36. The molecule has 98 valence electrons. The van der Waals surface area contributed by atoms with Gasteiger partial charge in [-0.25, -0.2) is 0 Å². The fourth-order valence-electron chi connectivity index (χ4n) is 1.56. The van der Waals surface area contributed by atoms with Crippen molar-refractivity contribution >= 4 is 50.4 Å². The molecule has 2 rings (SSSR count). The maximum atomic E-state index is 9.98. The van der Waals surface area contributed by atoms with Crippen LogP contribution in [0.2, 0.25) is 0 Å². The van der Waals surface area contributed by atoms with Gasteiger partial charge in [0.25, 0.3) is 0 Å². The summed E-state index contributed by atoms with van der Waals surface area (Å²) in [5.74, 6) is 0.922. The molecule has 0 bridgehead atoms. The van der Waals surface area contributed by atoms with Crippen LogP contribution in [0.25, 0.3) is 0 Å². The minimum absolute atomic E-state index is 0.224. The van der Waals surface area contributed by atoms with Crippen LogP contribution in [-0.2, 0) is 0 Å². The van der Waals surface area contributed by atoms with E-state index in [2.05, 4.69) is 43.5 Å². The maximum absolute atomic E-state index is 9.98. The molecule has 2 aromatic rings. The number of benzene rings is 2. The summed E-state index contributed by atoms with van der Waals surface area (Å²) in [5.41, 5.74) is 1.38. The molecule has 5 heteroatoms. The standard InChI is InChI=1S/C14H11BrINO2/c1-19-13-5-3-2-4-12(13)17-8-9-6-10(15)7-11(16)14(9)18/h2-8,18H,1H3. The van der Waals surface area contributed by atoms with Crippen molar-refractivity contribution in [3.8, 4) is 11.5 Å². The van der Waals surface area contributed by atoms with Crippen LogP contribution in [0.4, 0.5) is 5.69 Å². The van der Waals surface area contributed by atoms with Gasteiger partial charge in [0.1, 0.15) is 17.2 Å². The molecule has 0 aliphatic carbocycles. The molecule has 0 amide bonds. The Morgan fingerprint density at radius 1 is 1.32 bits per heavy atom. The molecule has 0 saturated heterocycles. The molecule has 0 aromatic heterocycles. The third kappa shape index (κ3) is 3.48. The predicted molar refractivity (Wildman–Crippen MR) is 88.8 cm³/mol. The molecule has 2 aromatic carbocycles. The van der Waals surface area contributed by atoms with E-state index in [1.165, 1.54) is 0 Å². The van der Waals surface area contributed by atoms with Crippen molar-refractivity contribution in [3.05, 3.63) is 50.0 Å². The fourth-order valence-corrected chi connectivity index (χ4v) is 3.11. The van der Waals surface area contributed by atoms with E-state index in [4.69, 9.17) is 4.74 Å². The van der Waals surface area contributed by atoms with Gasteiger partial charge in [0.15, 0.2) is 0 Å². The van der Waals surface area contributed by atoms with Crippen LogP contribution in [-0.4, -0.2) is 18.4 Å². The second-order valence-electron chi connectivity index (χ2n) is 3.76. The lowest BCUT2D eigenvalue weighted by molar-refractivity contribution is 0.416. The summed E-state index contributed by atoms with van der Waals surface area (Å²) in [6, 6.07) is 11.1. The number of phenolic OH excluding ortho intramolecular Hbond substituents is 1. The zero-order valence-electron chi connectivity index (χ0n) is 10.1. The van der Waals surface area contributed by atoms with Crippen molar-refractivity contribution < 1.29 is 9.84 Å². The van der Waals surface area contributed by atoms with Crippen LogP contribution in [0.5, 0.6) is 11.5 Å². The number of aromatic hydroxyl groups is 1. The molecule has 0 atom stereocenters. The van der Waals surface area contributed by atoms with Gasteiger partial charge in [0.2, 0.25) is 0 Å². The molecule has 0 saturated carbocycles. The first-order chi connectivity index (χ1) is 9.11. The Bertz CT molecular complexity index is 629. The summed E-state index contributed by atoms with van der Waals surface area (Å²) in [6.07, 6.45) is 1.63. The molecule has 3 nitrogen and oxygen atoms in total. The van der Waals surface area contributed by atoms with E-state index >= 15 is 0 Å². The highest BCUT2D eigenvalue weighted by atomic mass is 127. The molecule has 0 spiro atoms. The third-order valence-electron chi connectivity index (χ3n) is 2.49. The Balaban J connectivity index is 2.38. The van der Waals surface area contributed by atoms with Gasteiger partial charge in [-0.2, -0.15) is 0 Å². The van der Waals surface area contributed by atoms with Crippen LogP contribution >= 0.6 is 38.5 Å². The van der Waals surface area contributed by atoms with E-state index < -0.39 is 0 Å². The fraction of sp³-hybridized carbons (Fsp3) is 0.0714. The number of halogens is 2. The van der Waals surface area contributed by atoms with Crippen molar-refractivity contribution in [2.45, 2.75) is 0 Å². The van der Waals surface area contributed by atoms with Crippen LogP contribution in [0.3, 0.4) is 0 Å². The number of nitrogens with zero attached hydrogens (tertiary/aromatic N) is 1. The quantitative estimate of drug-likeness (QED) is 0.573. The van der Waals surface area contributed by atoms with Gasteiger partial charge in [-0.05, 0) is 46.9 Å². The Labute approximate surface area is 133 Å². The molecule has 0 unspecified atom stereocenters. The van der Waals surface area contributed by atoms with Gasteiger partial charge in [-0.3, -0.25) is 4.99 Å². The molecule has 0 fully saturated rings. The van der Waals surface area contributed by atoms with E-state index in [1.807, 2.05) is 36.4 Å². The molecular formula is C14H11BrINO2. The largest absolute Gasteiger partial charge is 0.506 e. The van der Waals surface area contributed by atoms with E-state index in [0.29, 0.717) is 11.3 Å². The normalized spacial score (nSPS) is 10.9. The number of hydrogen-bond acceptors (Lipinski definition) is 3. The van der Waals surface area contributed by atoms with Crippen molar-refractivity contribution in [1.82, 2.24) is 0 Å². The highest BCUT2D eigenvalue weighted by molar-refractivity contribution is 14.1. The van der Waals surface area contributed by atoms with Crippen LogP contribution in [0.1, 0.15) is 5.56 Å². The third-order valence-corrected chi connectivity index (χ3v) is 3.77. The molecule has 0 aliphatic heterocycles. The van der Waals surface area contributed by atoms with Gasteiger partial charge in [-0.15, -0.1) is 0 Å². The van der Waals surface area contributed by atoms with E-state index in [0.717, 1.165) is 13.7 Å². The zero-order chi connectivity index (χ0) is 13.8. The van der Waals surface area contributed by atoms with Gasteiger partial charge >= 0.3 is 0 Å². The number of para-hydroxylation sites is 2. The molecular weight excluding hydrogens is 421 g/mol. The van der Waals surface area contributed by atoms with E-state index in [1.54, 1.807) is 13.3 Å². The number of ether oxygens (including phenoxy) is 1. The lowest BCUT2D eigenvalue weighted by atomic mass is 10.2. The van der Waals surface area contributed by atoms with E-state index in [9.17, 15) is 5.11 Å². The molecule has 0 heterocycles. The van der Waals surface area contributed by atoms with E-state index in [-0.39, 0.29) is 5.75 Å². The van der Waals surface area contributed by atoms with Crippen molar-refractivity contribution in [3.63, 3.8) is 0 Å². The summed E-state index contributed by atoms with van der Waals surface area (Å²) in [5, 5.41) is 9.98. The second-order valence-corrected chi connectivity index (χ2v) is 5.83. The minimum atomic E-state index is 0.224. The Kier molecular flexibility index (Phi) is 4.81. The van der Waals surface area contributed by atoms with Crippen LogP contribution in [0.15, 0.2) is 45.9 Å². The van der Waals surface area contributed by atoms with Crippen molar-refractivity contribution in [2.24, 2.45) is 4.99 Å². The molecule has 19 heavy (non-hydrogen) atoms. The average Bonchev–Trinajstić information content (AvgIpc) is 2.41.